The van der Waals surface area contributed by atoms with Gasteiger partial charge in [0.25, 0.3) is 5.91 Å². The fourth-order valence-corrected chi connectivity index (χ4v) is 2.08. The number of anilines is 1. The summed E-state index contributed by atoms with van der Waals surface area (Å²) in [5.74, 6) is -0.340. The molecule has 0 radical (unpaired) electrons. The van der Waals surface area contributed by atoms with Crippen LogP contribution in [0.1, 0.15) is 16.8 Å². The maximum Gasteiger partial charge on any atom is 0.257 e. The van der Waals surface area contributed by atoms with Crippen LogP contribution in [0.25, 0.3) is 0 Å². The minimum Gasteiger partial charge on any atom is -0.380 e. The number of ether oxygens (including phenoxy) is 1. The van der Waals surface area contributed by atoms with Crippen LogP contribution in [-0.2, 0) is 4.74 Å². The van der Waals surface area contributed by atoms with Crippen LogP contribution in [0.15, 0.2) is 12.3 Å². The highest BCUT2D eigenvalue weighted by molar-refractivity contribution is 5.98. The minimum absolute atomic E-state index is 0.0634. The van der Waals surface area contributed by atoms with Gasteiger partial charge in [-0.25, -0.2) is 9.37 Å². The molecular formula is C12H16FN3O2. The van der Waals surface area contributed by atoms with Crippen LogP contribution in [0.5, 0.6) is 0 Å². The highest BCUT2D eigenvalue weighted by atomic mass is 19.1. The Balaban J connectivity index is 2.21. The van der Waals surface area contributed by atoms with Crippen LogP contribution in [0.3, 0.4) is 0 Å². The summed E-state index contributed by atoms with van der Waals surface area (Å²) in [5.41, 5.74) is 0.259. The van der Waals surface area contributed by atoms with Gasteiger partial charge in [0.15, 0.2) is 0 Å². The molecule has 1 saturated heterocycles. The normalized spacial score (nSPS) is 19.1. The number of likely N-dealkylation sites (tertiary alicyclic amines) is 1. The SMILES string of the molecule is CNc1ncc(F)cc1C(=O)N1CCC(OC)C1. The molecule has 1 N–H and O–H groups in total. The lowest BCUT2D eigenvalue weighted by atomic mass is 10.2. The predicted octanol–water partition coefficient (Wildman–Crippen LogP) is 1.12. The number of hydrogen-bond donors (Lipinski definition) is 1. The van der Waals surface area contributed by atoms with E-state index in [9.17, 15) is 9.18 Å². The van der Waals surface area contributed by atoms with E-state index in [1.165, 1.54) is 6.07 Å². The molecule has 1 aromatic rings. The second-order valence-corrected chi connectivity index (χ2v) is 4.20. The van der Waals surface area contributed by atoms with Gasteiger partial charge in [-0.05, 0) is 12.5 Å². The third kappa shape index (κ3) is 2.43. The number of carbonyl (C=O) groups is 1. The Morgan fingerprint density at radius 1 is 1.67 bits per heavy atom. The van der Waals surface area contributed by atoms with E-state index in [0.29, 0.717) is 18.9 Å². The van der Waals surface area contributed by atoms with E-state index >= 15 is 0 Å². The molecule has 2 rings (SSSR count). The molecule has 6 heteroatoms. The van der Waals surface area contributed by atoms with Gasteiger partial charge in [0, 0.05) is 27.2 Å². The van der Waals surface area contributed by atoms with Crippen molar-refractivity contribution in [2.75, 3.05) is 32.6 Å². The van der Waals surface area contributed by atoms with E-state index < -0.39 is 5.82 Å². The van der Waals surface area contributed by atoms with Crippen LogP contribution in [-0.4, -0.2) is 49.1 Å². The number of amides is 1. The van der Waals surface area contributed by atoms with E-state index in [4.69, 9.17) is 4.74 Å². The monoisotopic (exact) mass is 253 g/mol. The fourth-order valence-electron chi connectivity index (χ4n) is 2.08. The molecule has 0 aromatic carbocycles. The molecular weight excluding hydrogens is 237 g/mol. The Labute approximate surface area is 105 Å². The smallest absolute Gasteiger partial charge is 0.257 e. The molecule has 1 amide bonds. The molecule has 0 spiro atoms. The molecule has 0 aliphatic carbocycles. The molecule has 98 valence electrons. The lowest BCUT2D eigenvalue weighted by Crippen LogP contribution is -2.30. The van der Waals surface area contributed by atoms with Crippen molar-refractivity contribution in [3.63, 3.8) is 0 Å². The first kappa shape index (κ1) is 12.8. The number of hydrogen-bond acceptors (Lipinski definition) is 4. The zero-order chi connectivity index (χ0) is 13.1. The lowest BCUT2D eigenvalue weighted by molar-refractivity contribution is 0.0724. The van der Waals surface area contributed by atoms with Crippen LogP contribution in [0, 0.1) is 5.82 Å². The summed E-state index contributed by atoms with van der Waals surface area (Å²) >= 11 is 0. The van der Waals surface area contributed by atoms with Crippen molar-refractivity contribution in [3.8, 4) is 0 Å². The van der Waals surface area contributed by atoms with Crippen molar-refractivity contribution < 1.29 is 13.9 Å². The molecule has 1 aliphatic rings. The first-order valence-electron chi connectivity index (χ1n) is 5.81. The Hall–Kier alpha value is -1.69. The number of methoxy groups -OCH3 is 1. The number of halogens is 1. The Morgan fingerprint density at radius 2 is 2.44 bits per heavy atom. The maximum atomic E-state index is 13.2. The van der Waals surface area contributed by atoms with Gasteiger partial charge in [-0.1, -0.05) is 0 Å². The van der Waals surface area contributed by atoms with E-state index in [1.54, 1.807) is 19.1 Å². The number of rotatable bonds is 3. The third-order valence-electron chi connectivity index (χ3n) is 3.09. The molecule has 0 saturated carbocycles. The largest absolute Gasteiger partial charge is 0.380 e. The summed E-state index contributed by atoms with van der Waals surface area (Å²) in [4.78, 5) is 17.8. The highest BCUT2D eigenvalue weighted by Crippen LogP contribution is 2.20. The Kier molecular flexibility index (Phi) is 3.76. The second-order valence-electron chi connectivity index (χ2n) is 4.20. The van der Waals surface area contributed by atoms with Gasteiger partial charge in [-0.3, -0.25) is 4.79 Å². The summed E-state index contributed by atoms with van der Waals surface area (Å²) < 4.78 is 18.4. The van der Waals surface area contributed by atoms with Crippen molar-refractivity contribution in [3.05, 3.63) is 23.6 Å². The highest BCUT2D eigenvalue weighted by Gasteiger charge is 2.28. The first-order chi connectivity index (χ1) is 8.65. The van der Waals surface area contributed by atoms with E-state index in [0.717, 1.165) is 12.6 Å². The molecule has 18 heavy (non-hydrogen) atoms. The summed E-state index contributed by atoms with van der Waals surface area (Å²) in [5, 5.41) is 2.80. The number of nitrogens with zero attached hydrogens (tertiary/aromatic N) is 2. The van der Waals surface area contributed by atoms with Crippen molar-refractivity contribution in [2.45, 2.75) is 12.5 Å². The van der Waals surface area contributed by atoms with Crippen LogP contribution < -0.4 is 5.32 Å². The van der Waals surface area contributed by atoms with Gasteiger partial charge >= 0.3 is 0 Å². The molecule has 1 aliphatic heterocycles. The van der Waals surface area contributed by atoms with Gasteiger partial charge in [-0.2, -0.15) is 0 Å². The molecule has 1 fully saturated rings. The van der Waals surface area contributed by atoms with Crippen LogP contribution in [0.4, 0.5) is 10.2 Å². The topological polar surface area (TPSA) is 54.5 Å². The summed E-state index contributed by atoms with van der Waals surface area (Å²) in [6.07, 6.45) is 1.96. The van der Waals surface area contributed by atoms with Gasteiger partial charge < -0.3 is 15.0 Å². The quantitative estimate of drug-likeness (QED) is 0.877. The van der Waals surface area contributed by atoms with Gasteiger partial charge in [0.2, 0.25) is 0 Å². The summed E-state index contributed by atoms with van der Waals surface area (Å²) in [6.45, 7) is 1.16. The predicted molar refractivity (Wildman–Crippen MR) is 65.1 cm³/mol. The van der Waals surface area contributed by atoms with Gasteiger partial charge in [-0.15, -0.1) is 0 Å². The van der Waals surface area contributed by atoms with Crippen LogP contribution in [0.2, 0.25) is 0 Å². The standard InChI is InChI=1S/C12H16FN3O2/c1-14-11-10(5-8(13)6-15-11)12(17)16-4-3-9(7-16)18-2/h5-6,9H,3-4,7H2,1-2H3,(H,14,15). The van der Waals surface area contributed by atoms with Crippen molar-refractivity contribution in [1.82, 2.24) is 9.88 Å². The molecule has 2 heterocycles. The second kappa shape index (κ2) is 5.30. The number of carbonyl (C=O) groups excluding carboxylic acids is 1. The fraction of sp³-hybridized carbons (Fsp3) is 0.500. The van der Waals surface area contributed by atoms with E-state index in [1.807, 2.05) is 0 Å². The molecule has 5 nitrogen and oxygen atoms in total. The average Bonchev–Trinajstić information content (AvgIpc) is 2.86. The molecule has 0 bridgehead atoms. The lowest BCUT2D eigenvalue weighted by Gasteiger charge is -2.17. The first-order valence-corrected chi connectivity index (χ1v) is 5.81. The zero-order valence-corrected chi connectivity index (χ0v) is 10.4. The number of pyridine rings is 1. The van der Waals surface area contributed by atoms with Gasteiger partial charge in [0.1, 0.15) is 11.6 Å². The minimum atomic E-state index is -0.514. The van der Waals surface area contributed by atoms with Crippen molar-refractivity contribution >= 4 is 11.7 Å². The van der Waals surface area contributed by atoms with Crippen molar-refractivity contribution in [2.24, 2.45) is 0 Å². The van der Waals surface area contributed by atoms with E-state index in [2.05, 4.69) is 10.3 Å². The Morgan fingerprint density at radius 3 is 3.06 bits per heavy atom. The molecule has 1 unspecified atom stereocenters. The summed E-state index contributed by atoms with van der Waals surface area (Å²) in [6, 6.07) is 1.21. The maximum absolute atomic E-state index is 13.2. The Bertz CT molecular complexity index is 453. The summed E-state index contributed by atoms with van der Waals surface area (Å²) in [7, 11) is 3.28. The molecule has 1 atom stereocenters. The number of aromatic nitrogens is 1. The van der Waals surface area contributed by atoms with E-state index in [-0.39, 0.29) is 17.6 Å². The zero-order valence-electron chi connectivity index (χ0n) is 10.4. The van der Waals surface area contributed by atoms with Crippen molar-refractivity contribution in [1.29, 1.82) is 0 Å². The third-order valence-corrected chi connectivity index (χ3v) is 3.09. The average molecular weight is 253 g/mol. The van der Waals surface area contributed by atoms with Gasteiger partial charge in [0.05, 0.1) is 17.9 Å². The van der Waals surface area contributed by atoms with Crippen LogP contribution >= 0.6 is 0 Å². The number of nitrogens with one attached hydrogen (secondary N) is 1. The molecule has 1 aromatic heterocycles.